The highest BCUT2D eigenvalue weighted by Gasteiger charge is 2.60. The normalized spacial score (nSPS) is 37.4. The summed E-state index contributed by atoms with van der Waals surface area (Å²) in [5.74, 6) is 0.359. The fourth-order valence-electron chi connectivity index (χ4n) is 7.27. The summed E-state index contributed by atoms with van der Waals surface area (Å²) in [5.41, 5.74) is -0.469. The molecule has 0 aromatic heterocycles. The van der Waals surface area contributed by atoms with Crippen LogP contribution in [0.2, 0.25) is 18.1 Å². The molecular formula is C29H50O6Si. The number of Topliss-reactive ketones (excluding diaryl/α,β-unsaturated/α-hetero) is 1. The maximum absolute atomic E-state index is 12.8. The Kier molecular flexibility index (Phi) is 8.57. The van der Waals surface area contributed by atoms with E-state index in [1.54, 1.807) is 0 Å². The van der Waals surface area contributed by atoms with Crippen LogP contribution in [-0.2, 0) is 28.3 Å². The summed E-state index contributed by atoms with van der Waals surface area (Å²) < 4.78 is 18.4. The molecule has 0 spiro atoms. The molecule has 3 fully saturated rings. The molecule has 3 aliphatic carbocycles. The molecule has 0 aliphatic heterocycles. The number of hydrogen-bond donors (Lipinski definition) is 0. The van der Waals surface area contributed by atoms with Crippen molar-refractivity contribution in [1.29, 1.82) is 0 Å². The van der Waals surface area contributed by atoms with E-state index in [1.165, 1.54) is 13.8 Å². The van der Waals surface area contributed by atoms with Gasteiger partial charge in [-0.1, -0.05) is 34.6 Å². The molecule has 3 unspecified atom stereocenters. The molecule has 7 atom stereocenters. The Morgan fingerprint density at radius 1 is 1.00 bits per heavy atom. The highest BCUT2D eigenvalue weighted by Crippen LogP contribution is 2.60. The van der Waals surface area contributed by atoms with Crippen molar-refractivity contribution >= 4 is 26.0 Å². The Morgan fingerprint density at radius 3 is 2.25 bits per heavy atom. The second kappa shape index (κ2) is 10.5. The van der Waals surface area contributed by atoms with E-state index in [2.05, 4.69) is 47.7 Å². The van der Waals surface area contributed by atoms with Crippen LogP contribution < -0.4 is 0 Å². The lowest BCUT2D eigenvalue weighted by Crippen LogP contribution is -2.55. The van der Waals surface area contributed by atoms with Gasteiger partial charge in [0.2, 0.25) is 0 Å². The van der Waals surface area contributed by atoms with Gasteiger partial charge >= 0.3 is 11.9 Å². The van der Waals surface area contributed by atoms with Crippen LogP contribution in [0.15, 0.2) is 0 Å². The molecule has 3 rings (SSSR count). The summed E-state index contributed by atoms with van der Waals surface area (Å²) in [6, 6.07) is 0. The number of carbonyl (C=O) groups excluding carboxylic acids is 3. The maximum atomic E-state index is 12.8. The highest BCUT2D eigenvalue weighted by atomic mass is 28.4. The Balaban J connectivity index is 1.89. The van der Waals surface area contributed by atoms with Gasteiger partial charge in [-0.3, -0.25) is 14.4 Å². The fraction of sp³-hybridized carbons (Fsp3) is 0.897. The summed E-state index contributed by atoms with van der Waals surface area (Å²) in [6.07, 6.45) is 6.73. The van der Waals surface area contributed by atoms with Gasteiger partial charge in [0, 0.05) is 43.6 Å². The topological polar surface area (TPSA) is 78.9 Å². The lowest BCUT2D eigenvalue weighted by Gasteiger charge is -2.56. The number of esters is 2. The highest BCUT2D eigenvalue weighted by molar-refractivity contribution is 6.74. The minimum Gasteiger partial charge on any atom is -0.466 e. The van der Waals surface area contributed by atoms with E-state index in [9.17, 15) is 14.4 Å². The van der Waals surface area contributed by atoms with E-state index >= 15 is 0 Å². The molecule has 0 N–H and O–H groups in total. The molecule has 0 aromatic rings. The van der Waals surface area contributed by atoms with E-state index in [4.69, 9.17) is 13.9 Å². The maximum Gasteiger partial charge on any atom is 0.302 e. The summed E-state index contributed by atoms with van der Waals surface area (Å²) in [5, 5.41) is 0.143. The average Bonchev–Trinajstić information content (AvgIpc) is 3.04. The van der Waals surface area contributed by atoms with Gasteiger partial charge < -0.3 is 13.9 Å². The first-order valence-corrected chi connectivity index (χ1v) is 16.9. The predicted molar refractivity (Wildman–Crippen MR) is 143 cm³/mol. The van der Waals surface area contributed by atoms with E-state index < -0.39 is 8.32 Å². The second-order valence-electron chi connectivity index (χ2n) is 13.8. The molecule has 3 aliphatic rings. The first-order chi connectivity index (χ1) is 16.5. The van der Waals surface area contributed by atoms with Crippen LogP contribution >= 0.6 is 0 Å². The molecule has 0 saturated heterocycles. The van der Waals surface area contributed by atoms with Gasteiger partial charge in [0.05, 0.1) is 6.61 Å². The zero-order valence-corrected chi connectivity index (χ0v) is 25.2. The summed E-state index contributed by atoms with van der Waals surface area (Å²) in [4.78, 5) is 36.7. The van der Waals surface area contributed by atoms with Gasteiger partial charge in [0.15, 0.2) is 8.32 Å². The van der Waals surface area contributed by atoms with Gasteiger partial charge in [-0.15, -0.1) is 0 Å². The quantitative estimate of drug-likeness (QED) is 0.282. The van der Waals surface area contributed by atoms with Gasteiger partial charge in [-0.25, -0.2) is 0 Å². The van der Waals surface area contributed by atoms with E-state index in [-0.39, 0.29) is 57.8 Å². The van der Waals surface area contributed by atoms with Crippen molar-refractivity contribution in [1.82, 2.24) is 0 Å². The van der Waals surface area contributed by atoms with Crippen molar-refractivity contribution in [3.63, 3.8) is 0 Å². The molecule has 0 bridgehead atoms. The number of ether oxygens (including phenoxy) is 2. The summed E-state index contributed by atoms with van der Waals surface area (Å²) >= 11 is 0. The first kappa shape index (κ1) is 29.3. The molecule has 0 aromatic carbocycles. The van der Waals surface area contributed by atoms with Crippen LogP contribution in [0.25, 0.3) is 0 Å². The molecule has 6 nitrogen and oxygen atoms in total. The van der Waals surface area contributed by atoms with Gasteiger partial charge in [-0.2, -0.15) is 0 Å². The summed E-state index contributed by atoms with van der Waals surface area (Å²) in [7, 11) is -1.92. The van der Waals surface area contributed by atoms with Crippen LogP contribution in [0.5, 0.6) is 0 Å². The Morgan fingerprint density at radius 2 is 1.67 bits per heavy atom. The standard InChI is InChI=1S/C29H50O6Si/c1-19(30)33-17-14-21-18-22(35-36(8,9)27(3,4)5)12-15-28(21,6)24-13-16-29(7)23(10-11-25(29)32)26(24)34-20(2)31/h21-24,26H,10-18H2,1-9H3/t21-,22?,23?,24?,26-,28-,29-/m0/s1. The first-order valence-electron chi connectivity index (χ1n) is 14.0. The van der Waals surface area contributed by atoms with Crippen molar-refractivity contribution < 1.29 is 28.3 Å². The number of ketones is 1. The molecule has 3 saturated carbocycles. The molecule has 36 heavy (non-hydrogen) atoms. The second-order valence-corrected chi connectivity index (χ2v) is 18.6. The van der Waals surface area contributed by atoms with Crippen LogP contribution in [0, 0.1) is 28.6 Å². The van der Waals surface area contributed by atoms with Crippen molar-refractivity contribution in [2.45, 2.75) is 130 Å². The van der Waals surface area contributed by atoms with E-state index in [0.29, 0.717) is 18.8 Å². The van der Waals surface area contributed by atoms with Crippen LogP contribution in [-0.4, -0.2) is 44.9 Å². The molecule has 0 heterocycles. The van der Waals surface area contributed by atoms with Crippen molar-refractivity contribution in [3.05, 3.63) is 0 Å². The van der Waals surface area contributed by atoms with Crippen molar-refractivity contribution in [2.75, 3.05) is 6.61 Å². The zero-order chi connectivity index (χ0) is 27.1. The van der Waals surface area contributed by atoms with E-state index in [0.717, 1.165) is 44.9 Å². The molecule has 0 radical (unpaired) electrons. The molecule has 7 heteroatoms. The third-order valence-electron chi connectivity index (χ3n) is 10.6. The number of hydrogen-bond acceptors (Lipinski definition) is 6. The lowest BCUT2D eigenvalue weighted by molar-refractivity contribution is -0.177. The van der Waals surface area contributed by atoms with Gasteiger partial charge in [0.1, 0.15) is 11.9 Å². The largest absolute Gasteiger partial charge is 0.466 e. The number of fused-ring (bicyclic) bond motifs is 1. The van der Waals surface area contributed by atoms with Crippen molar-refractivity contribution in [2.24, 2.45) is 28.6 Å². The zero-order valence-electron chi connectivity index (χ0n) is 24.2. The van der Waals surface area contributed by atoms with Crippen LogP contribution in [0.3, 0.4) is 0 Å². The van der Waals surface area contributed by atoms with Gasteiger partial charge in [-0.05, 0) is 74.4 Å². The van der Waals surface area contributed by atoms with Gasteiger partial charge in [0.25, 0.3) is 0 Å². The average molecular weight is 523 g/mol. The monoisotopic (exact) mass is 522 g/mol. The SMILES string of the molecule is CC(=O)OCC[C@H]1CC(O[Si](C)(C)C(C)(C)C)CC[C@]1(C)C1CC[C@]2(C)C(=O)CCC2[C@@H]1OC(C)=O. The summed E-state index contributed by atoms with van der Waals surface area (Å²) in [6.45, 7) is 19.2. The smallest absolute Gasteiger partial charge is 0.302 e. The van der Waals surface area contributed by atoms with Crippen molar-refractivity contribution in [3.8, 4) is 0 Å². The predicted octanol–water partition coefficient (Wildman–Crippen LogP) is 6.46. The Labute approximate surface area is 219 Å². The van der Waals surface area contributed by atoms with E-state index in [1.807, 2.05) is 0 Å². The number of rotatable bonds is 7. The Bertz CT molecular complexity index is 847. The van der Waals surface area contributed by atoms with Crippen LogP contribution in [0.1, 0.15) is 99.8 Å². The third-order valence-corrected chi connectivity index (χ3v) is 15.1. The lowest BCUT2D eigenvalue weighted by atomic mass is 9.51. The fourth-order valence-corrected chi connectivity index (χ4v) is 8.67. The molecule has 0 amide bonds. The molecular weight excluding hydrogens is 472 g/mol. The third kappa shape index (κ3) is 5.77. The minimum atomic E-state index is -1.92. The Hall–Kier alpha value is -1.21. The minimum absolute atomic E-state index is 0.0828. The van der Waals surface area contributed by atoms with Crippen LogP contribution in [0.4, 0.5) is 0 Å². The number of carbonyl (C=O) groups is 3. The molecule has 206 valence electrons.